The molecular formula is C13H19NO4. The van der Waals surface area contributed by atoms with Crippen molar-refractivity contribution >= 4 is 5.97 Å². The van der Waals surface area contributed by atoms with E-state index in [1.54, 1.807) is 18.2 Å². The molecule has 0 aliphatic heterocycles. The van der Waals surface area contributed by atoms with Gasteiger partial charge >= 0.3 is 5.97 Å². The first-order chi connectivity index (χ1) is 8.54. The summed E-state index contributed by atoms with van der Waals surface area (Å²) >= 11 is 0. The van der Waals surface area contributed by atoms with Crippen LogP contribution >= 0.6 is 0 Å². The first-order valence-electron chi connectivity index (χ1n) is 5.83. The normalized spacial score (nSPS) is 12.7. The van der Waals surface area contributed by atoms with E-state index in [0.29, 0.717) is 25.1 Å². The fourth-order valence-corrected chi connectivity index (χ4v) is 1.77. The summed E-state index contributed by atoms with van der Waals surface area (Å²) in [5.41, 5.74) is 1.09. The molecule has 0 aliphatic rings. The van der Waals surface area contributed by atoms with Gasteiger partial charge in [0.05, 0.1) is 18.3 Å². The molecule has 3 N–H and O–H groups in total. The van der Waals surface area contributed by atoms with Crippen LogP contribution in [0.4, 0.5) is 0 Å². The van der Waals surface area contributed by atoms with Gasteiger partial charge in [0.1, 0.15) is 0 Å². The number of rotatable bonds is 7. The third-order valence-corrected chi connectivity index (χ3v) is 2.74. The van der Waals surface area contributed by atoms with Crippen molar-refractivity contribution in [3.05, 3.63) is 35.4 Å². The molecule has 1 unspecified atom stereocenters. The van der Waals surface area contributed by atoms with E-state index >= 15 is 0 Å². The largest absolute Gasteiger partial charge is 0.478 e. The monoisotopic (exact) mass is 253 g/mol. The first-order valence-corrected chi connectivity index (χ1v) is 5.83. The highest BCUT2D eigenvalue weighted by atomic mass is 16.4. The molecule has 0 aromatic heterocycles. The zero-order valence-corrected chi connectivity index (χ0v) is 10.4. The minimum absolute atomic E-state index is 0.268. The summed E-state index contributed by atoms with van der Waals surface area (Å²) in [4.78, 5) is 12.9. The minimum Gasteiger partial charge on any atom is -0.478 e. The smallest absolute Gasteiger partial charge is 0.335 e. The van der Waals surface area contributed by atoms with E-state index in [-0.39, 0.29) is 6.61 Å². The van der Waals surface area contributed by atoms with Crippen LogP contribution in [-0.2, 0) is 6.42 Å². The molecule has 1 aromatic carbocycles. The van der Waals surface area contributed by atoms with E-state index in [2.05, 4.69) is 0 Å². The number of carbonyl (C=O) groups is 1. The Morgan fingerprint density at radius 2 is 2.06 bits per heavy atom. The number of aliphatic hydroxyl groups is 2. The van der Waals surface area contributed by atoms with Crippen LogP contribution in [0.1, 0.15) is 15.9 Å². The van der Waals surface area contributed by atoms with Crippen LogP contribution in [0.2, 0.25) is 0 Å². The van der Waals surface area contributed by atoms with Crippen molar-refractivity contribution in [2.24, 2.45) is 0 Å². The zero-order chi connectivity index (χ0) is 13.5. The molecular weight excluding hydrogens is 234 g/mol. The van der Waals surface area contributed by atoms with Crippen LogP contribution in [0.3, 0.4) is 0 Å². The van der Waals surface area contributed by atoms with Crippen molar-refractivity contribution in [2.75, 3.05) is 26.7 Å². The molecule has 0 amide bonds. The number of hydrogen-bond donors (Lipinski definition) is 3. The lowest BCUT2D eigenvalue weighted by molar-refractivity contribution is 0.0664. The van der Waals surface area contributed by atoms with Gasteiger partial charge in [0.25, 0.3) is 0 Å². The van der Waals surface area contributed by atoms with E-state index in [4.69, 9.17) is 10.2 Å². The summed E-state index contributed by atoms with van der Waals surface area (Å²) in [6.45, 7) is 0.725. The van der Waals surface area contributed by atoms with Crippen LogP contribution in [0.15, 0.2) is 24.3 Å². The van der Waals surface area contributed by atoms with Crippen molar-refractivity contribution in [3.63, 3.8) is 0 Å². The number of carboxylic acids is 1. The second-order valence-electron chi connectivity index (χ2n) is 4.31. The first kappa shape index (κ1) is 14.6. The third-order valence-electron chi connectivity index (χ3n) is 2.74. The van der Waals surface area contributed by atoms with Crippen molar-refractivity contribution in [1.29, 1.82) is 0 Å². The van der Waals surface area contributed by atoms with Crippen LogP contribution in [0.5, 0.6) is 0 Å². The Labute approximate surface area is 106 Å². The van der Waals surface area contributed by atoms with E-state index in [1.807, 2.05) is 18.0 Å². The minimum atomic E-state index is -0.927. The highest BCUT2D eigenvalue weighted by Gasteiger charge is 2.11. The number of aliphatic hydroxyl groups excluding tert-OH is 2. The van der Waals surface area contributed by atoms with Gasteiger partial charge in [-0.05, 0) is 25.1 Å². The highest BCUT2D eigenvalue weighted by molar-refractivity contribution is 5.89. The SMILES string of the molecule is CN(CCc1ccccc1C(=O)O)CC(O)CO. The number of carboxylic acid groups (broad SMARTS) is 1. The molecule has 0 saturated heterocycles. The average molecular weight is 253 g/mol. The summed E-state index contributed by atoms with van der Waals surface area (Å²) in [5, 5.41) is 27.0. The topological polar surface area (TPSA) is 81.0 Å². The molecule has 0 spiro atoms. The predicted octanol–water partition coefficient (Wildman–Crippen LogP) is 0.212. The van der Waals surface area contributed by atoms with Gasteiger partial charge in [0, 0.05) is 13.1 Å². The van der Waals surface area contributed by atoms with Gasteiger partial charge in [-0.3, -0.25) is 0 Å². The van der Waals surface area contributed by atoms with Crippen LogP contribution in [0.25, 0.3) is 0 Å². The number of nitrogens with zero attached hydrogens (tertiary/aromatic N) is 1. The molecule has 0 heterocycles. The third kappa shape index (κ3) is 4.44. The second-order valence-corrected chi connectivity index (χ2v) is 4.31. The fraction of sp³-hybridized carbons (Fsp3) is 0.462. The van der Waals surface area contributed by atoms with E-state index < -0.39 is 12.1 Å². The van der Waals surface area contributed by atoms with Gasteiger partial charge in [0.15, 0.2) is 0 Å². The van der Waals surface area contributed by atoms with E-state index in [0.717, 1.165) is 5.56 Å². The summed E-state index contributed by atoms with van der Waals surface area (Å²) < 4.78 is 0. The van der Waals surface area contributed by atoms with Gasteiger partial charge in [0.2, 0.25) is 0 Å². The second kappa shape index (κ2) is 7.10. The summed E-state index contributed by atoms with van der Waals surface area (Å²) in [5.74, 6) is -0.927. The highest BCUT2D eigenvalue weighted by Crippen LogP contribution is 2.10. The summed E-state index contributed by atoms with van der Waals surface area (Å²) in [7, 11) is 1.82. The Morgan fingerprint density at radius 3 is 2.67 bits per heavy atom. The molecule has 1 atom stereocenters. The van der Waals surface area contributed by atoms with Gasteiger partial charge in [-0.15, -0.1) is 0 Å². The van der Waals surface area contributed by atoms with Crippen LogP contribution in [-0.4, -0.2) is 59.0 Å². The van der Waals surface area contributed by atoms with Crippen molar-refractivity contribution in [1.82, 2.24) is 4.90 Å². The maximum Gasteiger partial charge on any atom is 0.335 e. The number of hydrogen-bond acceptors (Lipinski definition) is 4. The molecule has 0 saturated carbocycles. The lowest BCUT2D eigenvalue weighted by Crippen LogP contribution is -2.32. The van der Waals surface area contributed by atoms with Crippen molar-refractivity contribution in [2.45, 2.75) is 12.5 Å². The molecule has 0 aliphatic carbocycles. The summed E-state index contributed by atoms with van der Waals surface area (Å²) in [6.07, 6.45) is -0.165. The predicted molar refractivity (Wildman–Crippen MR) is 67.7 cm³/mol. The van der Waals surface area contributed by atoms with Crippen LogP contribution < -0.4 is 0 Å². The Bertz CT molecular complexity index is 394. The number of aromatic carboxylic acids is 1. The standard InChI is InChI=1S/C13H19NO4/c1-14(8-11(16)9-15)7-6-10-4-2-3-5-12(10)13(17)18/h2-5,11,15-16H,6-9H2,1H3,(H,17,18). The number of benzene rings is 1. The molecule has 0 fully saturated rings. The quantitative estimate of drug-likeness (QED) is 0.647. The van der Waals surface area contributed by atoms with Crippen molar-refractivity contribution < 1.29 is 20.1 Å². The Morgan fingerprint density at radius 1 is 1.39 bits per heavy atom. The van der Waals surface area contributed by atoms with Gasteiger partial charge in [-0.25, -0.2) is 4.79 Å². The lowest BCUT2D eigenvalue weighted by Gasteiger charge is -2.19. The molecule has 5 heteroatoms. The summed E-state index contributed by atoms with van der Waals surface area (Å²) in [6, 6.07) is 6.89. The maximum absolute atomic E-state index is 11.0. The van der Waals surface area contributed by atoms with Gasteiger partial charge in [-0.1, -0.05) is 18.2 Å². The van der Waals surface area contributed by atoms with Crippen molar-refractivity contribution in [3.8, 4) is 0 Å². The Kier molecular flexibility index (Phi) is 5.77. The molecule has 5 nitrogen and oxygen atoms in total. The molecule has 100 valence electrons. The fourth-order valence-electron chi connectivity index (χ4n) is 1.77. The van der Waals surface area contributed by atoms with Gasteiger partial charge < -0.3 is 20.2 Å². The molecule has 0 radical (unpaired) electrons. The molecule has 1 aromatic rings. The number of likely N-dealkylation sites (N-methyl/N-ethyl adjacent to an activating group) is 1. The maximum atomic E-state index is 11.0. The lowest BCUT2D eigenvalue weighted by atomic mass is 10.0. The molecule has 0 bridgehead atoms. The molecule has 1 rings (SSSR count). The molecule has 18 heavy (non-hydrogen) atoms. The Balaban J connectivity index is 2.55. The zero-order valence-electron chi connectivity index (χ0n) is 10.4. The Hall–Kier alpha value is -1.43. The van der Waals surface area contributed by atoms with Gasteiger partial charge in [-0.2, -0.15) is 0 Å². The van der Waals surface area contributed by atoms with E-state index in [9.17, 15) is 9.90 Å². The average Bonchev–Trinajstić information content (AvgIpc) is 2.36. The van der Waals surface area contributed by atoms with E-state index in [1.165, 1.54) is 0 Å². The van der Waals surface area contributed by atoms with Crippen LogP contribution in [0, 0.1) is 0 Å².